The Bertz CT molecular complexity index is 545. The first-order valence-electron chi connectivity index (χ1n) is 10.5. The standard InChI is InChI=1S/C12H22/c1-12(2,3)8-11-9-4-5-10(11)7-6-9/h9-11H,4-8H2,1-3H3/i4D2,5D2,6D2,7D2,8D2,9D,10D,11D. The largest absolute Gasteiger partial charge is 0.0602 e. The van der Waals surface area contributed by atoms with Crippen molar-refractivity contribution in [3.8, 4) is 0 Å². The normalized spacial score (nSPS) is 93.1. The Hall–Kier alpha value is 0. The smallest absolute Gasteiger partial charge is 0.0309 e. The molecule has 2 bridgehead atoms. The molecular formula is C12H22. The van der Waals surface area contributed by atoms with Crippen molar-refractivity contribution in [2.45, 2.75) is 52.6 Å². The van der Waals surface area contributed by atoms with E-state index in [1.165, 1.54) is 20.8 Å². The highest BCUT2D eigenvalue weighted by atomic mass is 14.5. The maximum absolute atomic E-state index is 8.72. The van der Waals surface area contributed by atoms with Crippen molar-refractivity contribution in [2.24, 2.45) is 23.1 Å². The second-order valence-electron chi connectivity index (χ2n) is 4.00. The van der Waals surface area contributed by atoms with Gasteiger partial charge in [0.1, 0.15) is 0 Å². The van der Waals surface area contributed by atoms with E-state index in [1.807, 2.05) is 0 Å². The Morgan fingerprint density at radius 1 is 1.25 bits per heavy atom. The van der Waals surface area contributed by atoms with Crippen molar-refractivity contribution in [1.29, 1.82) is 0 Å². The molecule has 2 aliphatic rings. The SMILES string of the molecule is [2H]C1([2H])C([2H])([2H])C2([2H])C([2H])([2H])C([2H])([2H])C1([2H])C2([2H])C([2H])([2H])C(C)(C)C. The van der Waals surface area contributed by atoms with Crippen LogP contribution in [0.1, 0.15) is 70.5 Å². The second-order valence-corrected chi connectivity index (χ2v) is 4.00. The highest BCUT2D eigenvalue weighted by molar-refractivity contribution is 4.93. The molecule has 0 spiro atoms. The van der Waals surface area contributed by atoms with Crippen LogP contribution in [-0.4, -0.2) is 0 Å². The van der Waals surface area contributed by atoms with Crippen molar-refractivity contribution in [3.05, 3.63) is 0 Å². The summed E-state index contributed by atoms with van der Waals surface area (Å²) in [6, 6.07) is 0. The summed E-state index contributed by atoms with van der Waals surface area (Å²) in [7, 11) is 0. The predicted molar refractivity (Wildman–Crippen MR) is 53.0 cm³/mol. The molecule has 2 aliphatic carbocycles. The molecule has 70 valence electrons. The van der Waals surface area contributed by atoms with E-state index in [2.05, 4.69) is 0 Å². The molecule has 0 atom stereocenters. The summed E-state index contributed by atoms with van der Waals surface area (Å²) >= 11 is 0. The van der Waals surface area contributed by atoms with Gasteiger partial charge in [0.25, 0.3) is 0 Å². The quantitative estimate of drug-likeness (QED) is 0.573. The molecule has 0 aromatic rings. The monoisotopic (exact) mass is 179 g/mol. The Morgan fingerprint density at radius 2 is 1.67 bits per heavy atom. The maximum atomic E-state index is 8.72. The molecule has 0 aromatic carbocycles. The highest BCUT2D eigenvalue weighted by Gasteiger charge is 2.42. The summed E-state index contributed by atoms with van der Waals surface area (Å²) in [5.41, 5.74) is -1.51. The number of rotatable bonds is 1. The first-order valence-corrected chi connectivity index (χ1v) is 4.00. The zero-order valence-corrected chi connectivity index (χ0v) is 7.50. The van der Waals surface area contributed by atoms with Crippen LogP contribution in [0, 0.1) is 23.1 Å². The van der Waals surface area contributed by atoms with E-state index in [-0.39, 0.29) is 0 Å². The fourth-order valence-corrected chi connectivity index (χ4v) is 1.19. The number of fused-ring (bicyclic) bond motifs is 2. The lowest BCUT2D eigenvalue weighted by Crippen LogP contribution is -2.16. The van der Waals surface area contributed by atoms with Crippen LogP contribution in [0.15, 0.2) is 0 Å². The Kier molecular flexibility index (Phi) is 0.492. The van der Waals surface area contributed by atoms with Crippen molar-refractivity contribution >= 4 is 0 Å². The first kappa shape index (κ1) is 2.15. The average molecular weight is 179 g/mol. The second kappa shape index (κ2) is 2.75. The van der Waals surface area contributed by atoms with E-state index >= 15 is 0 Å². The molecule has 0 nitrogen and oxygen atoms in total. The minimum absolute atomic E-state index is 1.31. The molecule has 0 heteroatoms. The summed E-state index contributed by atoms with van der Waals surface area (Å²) in [5.74, 6) is -10.4. The van der Waals surface area contributed by atoms with Crippen molar-refractivity contribution in [1.82, 2.24) is 0 Å². The zero-order chi connectivity index (χ0) is 20.5. The van der Waals surface area contributed by atoms with Gasteiger partial charge in [0.15, 0.2) is 0 Å². The molecule has 0 heterocycles. The van der Waals surface area contributed by atoms with Crippen molar-refractivity contribution < 1.29 is 17.8 Å². The molecule has 0 N–H and O–H groups in total. The van der Waals surface area contributed by atoms with Crippen LogP contribution in [0.4, 0.5) is 0 Å². The van der Waals surface area contributed by atoms with Crippen molar-refractivity contribution in [3.63, 3.8) is 0 Å². The van der Waals surface area contributed by atoms with Gasteiger partial charge in [-0.2, -0.15) is 0 Å². The highest BCUT2D eigenvalue weighted by Crippen LogP contribution is 2.52. The summed E-state index contributed by atoms with van der Waals surface area (Å²) in [6.45, 7) is 3.93. The van der Waals surface area contributed by atoms with Gasteiger partial charge in [-0.1, -0.05) is 20.8 Å². The van der Waals surface area contributed by atoms with Crippen LogP contribution in [0.3, 0.4) is 0 Å². The number of hydrogen-bond donors (Lipinski definition) is 0. The average Bonchev–Trinajstić information content (AvgIpc) is 2.52. The molecule has 0 amide bonds. The van der Waals surface area contributed by atoms with Gasteiger partial charge in [-0.05, 0) is 55.0 Å². The summed E-state index contributed by atoms with van der Waals surface area (Å²) < 4.78 is 107. The van der Waals surface area contributed by atoms with E-state index in [9.17, 15) is 0 Å². The van der Waals surface area contributed by atoms with Crippen LogP contribution in [0.25, 0.3) is 0 Å². The minimum Gasteiger partial charge on any atom is -0.0602 e. The van der Waals surface area contributed by atoms with Gasteiger partial charge in [-0.3, -0.25) is 0 Å². The van der Waals surface area contributed by atoms with Crippen LogP contribution < -0.4 is 0 Å². The third kappa shape index (κ3) is 1.53. The Balaban J connectivity index is 3.13. The third-order valence-electron chi connectivity index (χ3n) is 1.62. The van der Waals surface area contributed by atoms with Gasteiger partial charge in [0.05, 0.1) is 0 Å². The molecule has 0 radical (unpaired) electrons. The summed E-state index contributed by atoms with van der Waals surface area (Å²) in [6.07, 6.45) is -16.9. The molecule has 12 heavy (non-hydrogen) atoms. The van der Waals surface area contributed by atoms with Gasteiger partial charge in [-0.15, -0.1) is 0 Å². The van der Waals surface area contributed by atoms with Crippen LogP contribution in [-0.2, 0) is 0 Å². The number of hydrogen-bond acceptors (Lipinski definition) is 0. The van der Waals surface area contributed by atoms with Gasteiger partial charge in [0, 0.05) is 17.8 Å². The lowest BCUT2D eigenvalue weighted by atomic mass is 9.80. The zero-order valence-electron chi connectivity index (χ0n) is 20.5. The Labute approximate surface area is 95.0 Å². The molecule has 0 unspecified atom stereocenters. The van der Waals surface area contributed by atoms with E-state index in [1.54, 1.807) is 0 Å². The molecule has 0 saturated heterocycles. The van der Waals surface area contributed by atoms with E-state index in [0.29, 0.717) is 0 Å². The first-order chi connectivity index (χ1) is 10.5. The molecular weight excluding hydrogens is 144 g/mol. The third-order valence-corrected chi connectivity index (χ3v) is 1.62. The van der Waals surface area contributed by atoms with Crippen molar-refractivity contribution in [2.75, 3.05) is 0 Å². The molecule has 0 aliphatic heterocycles. The molecule has 2 fully saturated rings. The van der Waals surface area contributed by atoms with Gasteiger partial charge in [-0.25, -0.2) is 0 Å². The summed E-state index contributed by atoms with van der Waals surface area (Å²) in [5, 5.41) is 0. The fraction of sp³-hybridized carbons (Fsp3) is 1.00. The van der Waals surface area contributed by atoms with E-state index in [4.69, 9.17) is 17.8 Å². The van der Waals surface area contributed by atoms with Crippen LogP contribution in [0.5, 0.6) is 0 Å². The Morgan fingerprint density at radius 3 is 2.00 bits per heavy atom. The fourth-order valence-electron chi connectivity index (χ4n) is 1.19. The molecule has 0 aromatic heterocycles. The summed E-state index contributed by atoms with van der Waals surface area (Å²) in [4.78, 5) is 0. The van der Waals surface area contributed by atoms with Gasteiger partial charge in [0.2, 0.25) is 0 Å². The van der Waals surface area contributed by atoms with E-state index < -0.39 is 55.0 Å². The minimum atomic E-state index is -3.50. The van der Waals surface area contributed by atoms with E-state index in [0.717, 1.165) is 0 Å². The van der Waals surface area contributed by atoms with Gasteiger partial charge < -0.3 is 0 Å². The van der Waals surface area contributed by atoms with Gasteiger partial charge >= 0.3 is 0 Å². The lowest BCUT2D eigenvalue weighted by molar-refractivity contribution is 0.247. The van der Waals surface area contributed by atoms with Crippen LogP contribution >= 0.6 is 0 Å². The lowest BCUT2D eigenvalue weighted by Gasteiger charge is -2.25. The maximum Gasteiger partial charge on any atom is 0.0309 e. The topological polar surface area (TPSA) is 0 Å². The molecule has 2 saturated carbocycles. The van der Waals surface area contributed by atoms with Crippen LogP contribution in [0.2, 0.25) is 0 Å². The predicted octanol–water partition coefficient (Wildman–Crippen LogP) is 3.86. The molecule has 2 rings (SSSR count).